The third-order valence-electron chi connectivity index (χ3n) is 7.74. The first kappa shape index (κ1) is 42.5. The molecular formula is C35H51N9O8. The lowest BCUT2D eigenvalue weighted by Crippen LogP contribution is -2.57. The maximum absolute atomic E-state index is 13.6. The summed E-state index contributed by atoms with van der Waals surface area (Å²) in [6, 6.07) is 9.37. The summed E-state index contributed by atoms with van der Waals surface area (Å²) < 4.78 is 0. The van der Waals surface area contributed by atoms with E-state index >= 15 is 0 Å². The van der Waals surface area contributed by atoms with Crippen LogP contribution in [0.1, 0.15) is 51.2 Å². The summed E-state index contributed by atoms with van der Waals surface area (Å²) in [6.07, 6.45) is 0.679. The Hall–Kier alpha value is -5.71. The summed E-state index contributed by atoms with van der Waals surface area (Å²) in [5.41, 5.74) is 18.0. The third kappa shape index (κ3) is 15.9. The number of nitrogens with one attached hydrogen (secondary N) is 5. The molecule has 5 amide bonds. The van der Waals surface area contributed by atoms with Crippen molar-refractivity contribution >= 4 is 41.5 Å². The molecular weight excluding hydrogens is 674 g/mol. The van der Waals surface area contributed by atoms with Crippen molar-refractivity contribution in [2.24, 2.45) is 28.1 Å². The molecule has 0 saturated heterocycles. The van der Waals surface area contributed by atoms with E-state index in [1.54, 1.807) is 42.5 Å². The number of benzene rings is 2. The number of carbonyl (C=O) groups excluding carboxylic acids is 5. The molecule has 284 valence electrons. The summed E-state index contributed by atoms with van der Waals surface area (Å²) in [6.45, 7) is 4.71. The summed E-state index contributed by atoms with van der Waals surface area (Å²) in [5.74, 6) is -4.83. The number of hydrogen-bond donors (Lipinski definition) is 10. The van der Waals surface area contributed by atoms with Crippen molar-refractivity contribution in [2.45, 2.75) is 83.1 Å². The van der Waals surface area contributed by atoms with Crippen LogP contribution >= 0.6 is 0 Å². The molecule has 0 aliphatic heterocycles. The van der Waals surface area contributed by atoms with Crippen LogP contribution in [0, 0.1) is 5.92 Å². The Morgan fingerprint density at radius 3 is 1.92 bits per heavy atom. The Morgan fingerprint density at radius 2 is 1.33 bits per heavy atom. The van der Waals surface area contributed by atoms with Crippen molar-refractivity contribution in [2.75, 3.05) is 13.1 Å². The van der Waals surface area contributed by atoms with Gasteiger partial charge in [-0.25, -0.2) is 4.79 Å². The topological polar surface area (TPSA) is 293 Å². The predicted molar refractivity (Wildman–Crippen MR) is 193 cm³/mol. The fourth-order valence-corrected chi connectivity index (χ4v) is 5.00. The van der Waals surface area contributed by atoms with Crippen LogP contribution in [0.5, 0.6) is 5.75 Å². The standard InChI is InChI=1S/C35H51N9O8/c1-20(2)16-27(32(49)43-26(34(51)52)10-7-15-39-35(37)38)44-33(50)28(18-22-8-5-4-6-9-22)42-29(46)19-40-30(47)21(3)41-31(48)25(36)17-23-11-13-24(45)14-12-23/h4-6,8-9,11-14,20-21,25-28,45H,7,10,15-19,36H2,1-3H3,(H,40,47)(H,41,48)(H,42,46)(H,43,49)(H,44,50)(H,51,52)(H4,37,38,39)/t21-,25+,26-,27-,28+/m1/s1. The Balaban J connectivity index is 2.06. The van der Waals surface area contributed by atoms with E-state index < -0.39 is 72.3 Å². The van der Waals surface area contributed by atoms with E-state index in [9.17, 15) is 39.0 Å². The smallest absolute Gasteiger partial charge is 0.326 e. The van der Waals surface area contributed by atoms with E-state index in [0.717, 1.165) is 0 Å². The number of phenols is 1. The number of nitrogens with zero attached hydrogens (tertiary/aromatic N) is 1. The van der Waals surface area contributed by atoms with E-state index in [1.807, 2.05) is 13.8 Å². The number of hydrogen-bond acceptors (Lipinski definition) is 9. The van der Waals surface area contributed by atoms with E-state index in [4.69, 9.17) is 17.2 Å². The van der Waals surface area contributed by atoms with E-state index in [1.165, 1.54) is 19.1 Å². The number of guanidine groups is 1. The van der Waals surface area contributed by atoms with Crippen molar-refractivity contribution < 1.29 is 39.0 Å². The van der Waals surface area contributed by atoms with Gasteiger partial charge in [-0.2, -0.15) is 0 Å². The molecule has 0 fully saturated rings. The van der Waals surface area contributed by atoms with Crippen LogP contribution in [0.25, 0.3) is 0 Å². The number of carbonyl (C=O) groups is 6. The van der Waals surface area contributed by atoms with Crippen LogP contribution < -0.4 is 43.8 Å². The van der Waals surface area contributed by atoms with Crippen LogP contribution in [0.15, 0.2) is 59.6 Å². The number of nitrogens with two attached hydrogens (primary N) is 3. The van der Waals surface area contributed by atoms with Gasteiger partial charge in [0.15, 0.2) is 5.96 Å². The van der Waals surface area contributed by atoms with Gasteiger partial charge < -0.3 is 54.0 Å². The Bertz CT molecular complexity index is 1530. The van der Waals surface area contributed by atoms with Crippen LogP contribution in [-0.2, 0) is 41.6 Å². The maximum atomic E-state index is 13.6. The van der Waals surface area contributed by atoms with Gasteiger partial charge in [-0.15, -0.1) is 0 Å². The first-order chi connectivity index (χ1) is 24.5. The Morgan fingerprint density at radius 1 is 0.731 bits per heavy atom. The minimum absolute atomic E-state index is 0.0352. The second-order valence-corrected chi connectivity index (χ2v) is 12.8. The molecule has 2 rings (SSSR count). The van der Waals surface area contributed by atoms with Gasteiger partial charge in [0.05, 0.1) is 12.6 Å². The van der Waals surface area contributed by atoms with Gasteiger partial charge in [-0.05, 0) is 61.8 Å². The van der Waals surface area contributed by atoms with Gasteiger partial charge >= 0.3 is 5.97 Å². The number of rotatable bonds is 21. The molecule has 0 aliphatic carbocycles. The van der Waals surface area contributed by atoms with Crippen molar-refractivity contribution in [1.82, 2.24) is 26.6 Å². The molecule has 0 aliphatic rings. The highest BCUT2D eigenvalue weighted by molar-refractivity contribution is 5.95. The molecule has 0 spiro atoms. The summed E-state index contributed by atoms with van der Waals surface area (Å²) in [4.78, 5) is 80.9. The zero-order chi connectivity index (χ0) is 38.8. The fourth-order valence-electron chi connectivity index (χ4n) is 5.00. The lowest BCUT2D eigenvalue weighted by Gasteiger charge is -2.26. The zero-order valence-corrected chi connectivity index (χ0v) is 29.6. The molecule has 2 aromatic rings. The van der Waals surface area contributed by atoms with Gasteiger partial charge in [0, 0.05) is 13.0 Å². The first-order valence-electron chi connectivity index (χ1n) is 16.9. The molecule has 17 heteroatoms. The minimum atomic E-state index is -1.27. The molecule has 0 heterocycles. The highest BCUT2D eigenvalue weighted by Gasteiger charge is 2.30. The Kier molecular flexibility index (Phi) is 17.5. The summed E-state index contributed by atoms with van der Waals surface area (Å²) in [7, 11) is 0. The monoisotopic (exact) mass is 725 g/mol. The lowest BCUT2D eigenvalue weighted by molar-refractivity contribution is -0.142. The number of carboxylic acids is 1. The fraction of sp³-hybridized carbons (Fsp3) is 0.457. The molecule has 0 radical (unpaired) electrons. The second kappa shape index (κ2) is 21.5. The first-order valence-corrected chi connectivity index (χ1v) is 16.9. The number of carboxylic acid groups (broad SMARTS) is 1. The molecule has 2 aromatic carbocycles. The number of aromatic hydroxyl groups is 1. The van der Waals surface area contributed by atoms with Crippen molar-refractivity contribution in [3.8, 4) is 5.75 Å². The molecule has 0 bridgehead atoms. The van der Waals surface area contributed by atoms with Crippen molar-refractivity contribution in [3.63, 3.8) is 0 Å². The third-order valence-corrected chi connectivity index (χ3v) is 7.74. The average Bonchev–Trinajstić information content (AvgIpc) is 3.08. The SMILES string of the molecule is CC(C)C[C@@H](NC(=O)[C@H](Cc1ccccc1)NC(=O)CNC(=O)[C@@H](C)NC(=O)[C@@H](N)Cc1ccc(O)cc1)C(=O)N[C@H](CCCN=C(N)N)C(=O)O. The molecule has 5 atom stereocenters. The molecule has 13 N–H and O–H groups in total. The second-order valence-electron chi connectivity index (χ2n) is 12.8. The predicted octanol–water partition coefficient (Wildman–Crippen LogP) is -1.24. The quantitative estimate of drug-likeness (QED) is 0.0413. The van der Waals surface area contributed by atoms with Crippen molar-refractivity contribution in [1.29, 1.82) is 0 Å². The van der Waals surface area contributed by atoms with Crippen molar-refractivity contribution in [3.05, 3.63) is 65.7 Å². The van der Waals surface area contributed by atoms with Crippen LogP contribution in [-0.4, -0.2) is 95.0 Å². The van der Waals surface area contributed by atoms with Gasteiger partial charge in [0.25, 0.3) is 0 Å². The van der Waals surface area contributed by atoms with Gasteiger partial charge in [0.1, 0.15) is 29.9 Å². The largest absolute Gasteiger partial charge is 0.508 e. The zero-order valence-electron chi connectivity index (χ0n) is 29.6. The van der Waals surface area contributed by atoms with Crippen LogP contribution in [0.2, 0.25) is 0 Å². The average molecular weight is 726 g/mol. The highest BCUT2D eigenvalue weighted by Crippen LogP contribution is 2.12. The Labute approximate surface area is 302 Å². The molecule has 52 heavy (non-hydrogen) atoms. The number of aliphatic imine (C=N–C) groups is 1. The highest BCUT2D eigenvalue weighted by atomic mass is 16.4. The lowest BCUT2D eigenvalue weighted by atomic mass is 10.0. The van der Waals surface area contributed by atoms with E-state index in [2.05, 4.69) is 31.6 Å². The molecule has 0 unspecified atom stereocenters. The van der Waals surface area contributed by atoms with Gasteiger partial charge in [-0.3, -0.25) is 29.0 Å². The number of aliphatic carboxylic acids is 1. The number of amides is 5. The van der Waals surface area contributed by atoms with Crippen LogP contribution in [0.4, 0.5) is 0 Å². The van der Waals surface area contributed by atoms with E-state index in [0.29, 0.717) is 11.1 Å². The number of phenolic OH excluding ortho intramolecular Hbond substituents is 1. The minimum Gasteiger partial charge on any atom is -0.508 e. The molecule has 0 aromatic heterocycles. The van der Waals surface area contributed by atoms with Gasteiger partial charge in [-0.1, -0.05) is 56.3 Å². The van der Waals surface area contributed by atoms with Gasteiger partial charge in [0.2, 0.25) is 29.5 Å². The summed E-state index contributed by atoms with van der Waals surface area (Å²) >= 11 is 0. The molecule has 17 nitrogen and oxygen atoms in total. The summed E-state index contributed by atoms with van der Waals surface area (Å²) in [5, 5.41) is 31.8. The van der Waals surface area contributed by atoms with E-state index in [-0.39, 0.29) is 56.3 Å². The molecule has 0 saturated carbocycles. The maximum Gasteiger partial charge on any atom is 0.326 e. The normalized spacial score (nSPS) is 13.7. The van der Waals surface area contributed by atoms with Crippen LogP contribution in [0.3, 0.4) is 0 Å².